The van der Waals surface area contributed by atoms with Crippen molar-refractivity contribution in [3.05, 3.63) is 90.3 Å². The smallest absolute Gasteiger partial charge is 0.251 e. The van der Waals surface area contributed by atoms with Gasteiger partial charge in [0, 0.05) is 50.0 Å². The molecule has 2 aliphatic rings. The Hall–Kier alpha value is -3.65. The summed E-state index contributed by atoms with van der Waals surface area (Å²) in [6.07, 6.45) is 8.27. The molecule has 2 amide bonds. The normalized spacial score (nSPS) is 20.2. The summed E-state index contributed by atoms with van der Waals surface area (Å²) in [5.74, 6) is -0.825. The van der Waals surface area contributed by atoms with E-state index in [-0.39, 0.29) is 54.8 Å². The number of nitrogens with one attached hydrogen (secondary N) is 2. The molecule has 2 aromatic carbocycles. The molecule has 248 valence electrons. The van der Waals surface area contributed by atoms with Crippen molar-refractivity contribution in [3.8, 4) is 11.1 Å². The van der Waals surface area contributed by atoms with Gasteiger partial charge in [0.2, 0.25) is 15.9 Å². The number of rotatable bonds is 13. The Labute approximate surface area is 271 Å². The van der Waals surface area contributed by atoms with E-state index < -0.39 is 31.8 Å². The van der Waals surface area contributed by atoms with Gasteiger partial charge < -0.3 is 15.5 Å². The lowest BCUT2D eigenvalue weighted by Gasteiger charge is -2.35. The summed E-state index contributed by atoms with van der Waals surface area (Å²) >= 11 is 0. The van der Waals surface area contributed by atoms with Gasteiger partial charge in [-0.05, 0) is 73.4 Å². The second-order valence-corrected chi connectivity index (χ2v) is 15.7. The van der Waals surface area contributed by atoms with E-state index in [2.05, 4.69) is 17.2 Å². The Morgan fingerprint density at radius 1 is 0.957 bits per heavy atom. The van der Waals surface area contributed by atoms with Crippen LogP contribution in [0.4, 0.5) is 4.39 Å². The van der Waals surface area contributed by atoms with Crippen molar-refractivity contribution in [1.82, 2.24) is 19.8 Å². The summed E-state index contributed by atoms with van der Waals surface area (Å²) in [4.78, 5) is 28.8. The van der Waals surface area contributed by atoms with E-state index in [1.165, 1.54) is 29.4 Å². The maximum Gasteiger partial charge on any atom is 0.251 e. The zero-order valence-electron chi connectivity index (χ0n) is 26.3. The highest BCUT2D eigenvalue weighted by Crippen LogP contribution is 2.38. The van der Waals surface area contributed by atoms with Crippen molar-refractivity contribution in [2.24, 2.45) is 5.92 Å². The number of amides is 2. The zero-order chi connectivity index (χ0) is 33.6. The maximum absolute atomic E-state index is 13.6. The number of hydrogen-bond acceptors (Lipinski definition) is 7. The number of hydrogen-bond donors (Lipinski definition) is 2. The van der Waals surface area contributed by atoms with Crippen LogP contribution in [0.5, 0.6) is 0 Å². The molecule has 0 aromatic heterocycles. The van der Waals surface area contributed by atoms with Gasteiger partial charge in [0.1, 0.15) is 6.04 Å². The Bertz CT molecular complexity index is 1710. The number of sulfone groups is 1. The van der Waals surface area contributed by atoms with Crippen LogP contribution in [0.1, 0.15) is 30.1 Å². The minimum Gasteiger partial charge on any atom is -0.340 e. The summed E-state index contributed by atoms with van der Waals surface area (Å²) < 4.78 is 62.0. The van der Waals surface area contributed by atoms with Crippen molar-refractivity contribution in [2.45, 2.75) is 36.7 Å². The quantitative estimate of drug-likeness (QED) is 0.312. The molecule has 46 heavy (non-hydrogen) atoms. The van der Waals surface area contributed by atoms with Crippen LogP contribution in [0.2, 0.25) is 0 Å². The Morgan fingerprint density at radius 2 is 1.54 bits per heavy atom. The van der Waals surface area contributed by atoms with E-state index in [1.807, 2.05) is 0 Å². The molecule has 2 fully saturated rings. The molecule has 1 heterocycles. The third-order valence-electron chi connectivity index (χ3n) is 8.18. The minimum absolute atomic E-state index is 0.140. The molecule has 1 saturated heterocycles. The fourth-order valence-corrected chi connectivity index (χ4v) is 6.88. The maximum atomic E-state index is 13.6. The highest BCUT2D eigenvalue weighted by atomic mass is 32.2. The number of halogens is 1. The Balaban J connectivity index is 1.42. The van der Waals surface area contributed by atoms with Crippen LogP contribution < -0.4 is 10.6 Å². The molecule has 0 spiro atoms. The molecule has 0 radical (unpaired) electrons. The monoisotopic (exact) mass is 672 g/mol. The van der Waals surface area contributed by atoms with Crippen molar-refractivity contribution >= 4 is 31.7 Å². The van der Waals surface area contributed by atoms with E-state index in [4.69, 9.17) is 0 Å². The first kappa shape index (κ1) is 35.2. The molecular formula is C33H41FN4O6S2. The van der Waals surface area contributed by atoms with Gasteiger partial charge in [0.15, 0.2) is 9.84 Å². The standard InChI is InChI=1S/C33H41FN4O6S2/c1-5-24(7-6-23(2)34)29-22-31(29)35-17-16-30(33(40)37-18-20-38(21-19-37)46(4,43)44)36-32(39)27-10-8-25(9-11-27)26-12-14-28(15-13-26)45(3,41)42/h5-15,29-31,35H,1,16-22H2,2-4H3,(H,36,39)/b23-6+,24-7+/t29-,30-,31+/m0/s1. The molecule has 2 aromatic rings. The number of nitrogens with zero attached hydrogens (tertiary/aromatic N) is 2. The lowest BCUT2D eigenvalue weighted by atomic mass is 10.0. The van der Waals surface area contributed by atoms with Crippen LogP contribution in [0.3, 0.4) is 0 Å². The first-order valence-electron chi connectivity index (χ1n) is 15.0. The largest absolute Gasteiger partial charge is 0.340 e. The van der Waals surface area contributed by atoms with Crippen LogP contribution in [-0.2, 0) is 24.7 Å². The van der Waals surface area contributed by atoms with Crippen LogP contribution in [0, 0.1) is 5.92 Å². The fourth-order valence-electron chi connectivity index (χ4n) is 5.42. The average molecular weight is 673 g/mol. The molecule has 10 nitrogen and oxygen atoms in total. The predicted molar refractivity (Wildman–Crippen MR) is 177 cm³/mol. The van der Waals surface area contributed by atoms with Gasteiger partial charge in [-0.1, -0.05) is 43.0 Å². The molecule has 1 aliphatic heterocycles. The number of benzene rings is 2. The highest BCUT2D eigenvalue weighted by Gasteiger charge is 2.38. The van der Waals surface area contributed by atoms with E-state index in [0.717, 1.165) is 35.6 Å². The van der Waals surface area contributed by atoms with E-state index in [1.54, 1.807) is 53.5 Å². The fraction of sp³-hybridized carbons (Fsp3) is 0.394. The van der Waals surface area contributed by atoms with E-state index in [0.29, 0.717) is 18.5 Å². The highest BCUT2D eigenvalue weighted by molar-refractivity contribution is 7.90. The lowest BCUT2D eigenvalue weighted by Crippen LogP contribution is -2.56. The Morgan fingerprint density at radius 3 is 2.07 bits per heavy atom. The minimum atomic E-state index is -3.37. The SMILES string of the molecule is C=C/C(=C\C=C(/C)F)[C@@H]1C[C@H]1NCC[C@H](NC(=O)c1ccc(-c2ccc(S(C)(=O)=O)cc2)cc1)C(=O)N1CCN(S(C)(=O)=O)CC1. The third kappa shape index (κ3) is 9.44. The van der Waals surface area contributed by atoms with Crippen LogP contribution >= 0.6 is 0 Å². The molecule has 1 aliphatic carbocycles. The van der Waals surface area contributed by atoms with Gasteiger partial charge in [-0.3, -0.25) is 9.59 Å². The number of carbonyl (C=O) groups excluding carboxylic acids is 2. The predicted octanol–water partition coefficient (Wildman–Crippen LogP) is 3.31. The zero-order valence-corrected chi connectivity index (χ0v) is 27.9. The van der Waals surface area contributed by atoms with E-state index >= 15 is 0 Å². The van der Waals surface area contributed by atoms with Crippen molar-refractivity contribution in [2.75, 3.05) is 45.2 Å². The van der Waals surface area contributed by atoms with Gasteiger partial charge in [-0.2, -0.15) is 4.31 Å². The average Bonchev–Trinajstić information content (AvgIpc) is 3.79. The van der Waals surface area contributed by atoms with Gasteiger partial charge >= 0.3 is 0 Å². The van der Waals surface area contributed by atoms with E-state index in [9.17, 15) is 30.8 Å². The number of piperazine rings is 1. The molecule has 0 bridgehead atoms. The Kier molecular flexibility index (Phi) is 11.4. The number of allylic oxidation sites excluding steroid dienone is 4. The van der Waals surface area contributed by atoms with Crippen molar-refractivity contribution < 1.29 is 30.8 Å². The summed E-state index contributed by atoms with van der Waals surface area (Å²) in [7, 11) is -6.69. The summed E-state index contributed by atoms with van der Waals surface area (Å²) in [5.41, 5.74) is 2.86. The second kappa shape index (κ2) is 14.8. The molecule has 3 atom stereocenters. The first-order chi connectivity index (χ1) is 21.7. The molecule has 2 N–H and O–H groups in total. The molecule has 4 rings (SSSR count). The van der Waals surface area contributed by atoms with Crippen molar-refractivity contribution in [1.29, 1.82) is 0 Å². The summed E-state index contributed by atoms with van der Waals surface area (Å²) in [5, 5.41) is 6.31. The molecule has 1 saturated carbocycles. The van der Waals surface area contributed by atoms with Gasteiger partial charge in [0.25, 0.3) is 5.91 Å². The van der Waals surface area contributed by atoms with Crippen LogP contribution in [-0.4, -0.2) is 95.2 Å². The molecule has 13 heteroatoms. The van der Waals surface area contributed by atoms with Gasteiger partial charge in [-0.15, -0.1) is 0 Å². The van der Waals surface area contributed by atoms with Gasteiger partial charge in [-0.25, -0.2) is 21.2 Å². The summed E-state index contributed by atoms with van der Waals surface area (Å²) in [6, 6.07) is 12.6. The van der Waals surface area contributed by atoms with Gasteiger partial charge in [0.05, 0.1) is 17.0 Å². The summed E-state index contributed by atoms with van der Waals surface area (Å²) in [6.45, 7) is 6.45. The van der Waals surface area contributed by atoms with Crippen molar-refractivity contribution in [3.63, 3.8) is 0 Å². The topological polar surface area (TPSA) is 133 Å². The lowest BCUT2D eigenvalue weighted by molar-refractivity contribution is -0.134. The first-order valence-corrected chi connectivity index (χ1v) is 18.8. The van der Waals surface area contributed by atoms with Crippen LogP contribution in [0.25, 0.3) is 11.1 Å². The molecular weight excluding hydrogens is 632 g/mol. The number of sulfonamides is 1. The third-order valence-corrected chi connectivity index (χ3v) is 10.6. The molecule has 0 unspecified atom stereocenters. The second-order valence-electron chi connectivity index (χ2n) is 11.7. The van der Waals surface area contributed by atoms with Crippen LogP contribution in [0.15, 0.2) is 89.6 Å². The number of carbonyl (C=O) groups is 2.